The number of ketones is 1. The molecule has 1 aromatic carbocycles. The van der Waals surface area contributed by atoms with E-state index in [1.54, 1.807) is 51.5 Å². The van der Waals surface area contributed by atoms with Crippen LogP contribution < -0.4 is 0 Å². The summed E-state index contributed by atoms with van der Waals surface area (Å²) >= 11 is -1.21. The van der Waals surface area contributed by atoms with Gasteiger partial charge in [0, 0.05) is 46.9 Å². The molecule has 0 amide bonds. The van der Waals surface area contributed by atoms with Crippen molar-refractivity contribution in [3.05, 3.63) is 89.6 Å². The summed E-state index contributed by atoms with van der Waals surface area (Å²) in [6.07, 6.45) is 6.17. The highest BCUT2D eigenvalue weighted by Crippen LogP contribution is 2.38. The van der Waals surface area contributed by atoms with Crippen LogP contribution in [0.4, 0.5) is 4.79 Å². The van der Waals surface area contributed by atoms with E-state index in [-0.39, 0.29) is 16.9 Å². The lowest BCUT2D eigenvalue weighted by Gasteiger charge is -2.19. The smallest absolute Gasteiger partial charge is 0.419 e. The monoisotopic (exact) mass is 461 g/mol. The van der Waals surface area contributed by atoms with E-state index in [1.165, 1.54) is 10.8 Å². The van der Waals surface area contributed by atoms with Gasteiger partial charge in [-0.3, -0.25) is 18.9 Å². The number of hydrogen-bond donors (Lipinski definition) is 0. The fraction of sp³-hybridized carbons (Fsp3) is 0.240. The molecular weight excluding hydrogens is 438 g/mol. The lowest BCUT2D eigenvalue weighted by Crippen LogP contribution is -2.26. The Morgan fingerprint density at radius 2 is 1.91 bits per heavy atom. The minimum atomic E-state index is -1.21. The number of benzene rings is 1. The van der Waals surface area contributed by atoms with Gasteiger partial charge in [0.05, 0.1) is 11.2 Å². The Morgan fingerprint density at radius 3 is 2.64 bits per heavy atom. The van der Waals surface area contributed by atoms with Crippen LogP contribution in [0.5, 0.6) is 0 Å². The Kier molecular flexibility index (Phi) is 5.14. The Morgan fingerprint density at radius 1 is 1.12 bits per heavy atom. The third-order valence-corrected chi connectivity index (χ3v) is 7.12. The van der Waals surface area contributed by atoms with Crippen LogP contribution in [0.15, 0.2) is 67.3 Å². The molecule has 2 unspecified atom stereocenters. The average Bonchev–Trinajstić information content (AvgIpc) is 3.44. The molecule has 0 bridgehead atoms. The molecule has 7 nitrogen and oxygen atoms in total. The van der Waals surface area contributed by atoms with Gasteiger partial charge < -0.3 is 9.29 Å². The van der Waals surface area contributed by atoms with Gasteiger partial charge in [-0.25, -0.2) is 4.79 Å². The molecule has 0 saturated heterocycles. The van der Waals surface area contributed by atoms with Gasteiger partial charge >= 0.3 is 6.09 Å². The van der Waals surface area contributed by atoms with Crippen molar-refractivity contribution in [2.75, 3.05) is 0 Å². The van der Waals surface area contributed by atoms with E-state index in [0.717, 1.165) is 11.3 Å². The Balaban J connectivity index is 1.56. The van der Waals surface area contributed by atoms with Crippen LogP contribution in [0.3, 0.4) is 0 Å². The summed E-state index contributed by atoms with van der Waals surface area (Å²) in [5.41, 5.74) is 2.39. The number of aromatic nitrogens is 3. The zero-order valence-electron chi connectivity index (χ0n) is 18.5. The first-order chi connectivity index (χ1) is 15.7. The maximum absolute atomic E-state index is 13.7. The normalized spacial score (nSPS) is 17.8. The number of ether oxygens (including phenoxy) is 1. The number of carbonyl (C=O) groups is 2. The quantitative estimate of drug-likeness (QED) is 0.327. The molecule has 3 aromatic heterocycles. The van der Waals surface area contributed by atoms with Gasteiger partial charge in [-0.1, -0.05) is 18.2 Å². The van der Waals surface area contributed by atoms with E-state index in [4.69, 9.17) is 4.74 Å². The second-order valence-electron chi connectivity index (χ2n) is 8.99. The number of para-hydroxylation sites is 1. The predicted molar refractivity (Wildman–Crippen MR) is 126 cm³/mol. The first kappa shape index (κ1) is 21.5. The van der Waals surface area contributed by atoms with Gasteiger partial charge in [-0.2, -0.15) is 0 Å². The van der Waals surface area contributed by atoms with E-state index >= 15 is 0 Å². The lowest BCUT2D eigenvalue weighted by molar-refractivity contribution is 0.0544. The standard InChI is InChI=1S/C25H23N3O4S/c1-25(2,3)32-24(30)28-14-19(17-8-4-5-9-20(17)28)22(29)18-10-12-27-21(18)15-33(31)23(27)16-7-6-11-26-13-16/h4-14,23H,15H2,1-3H3. The van der Waals surface area contributed by atoms with Crippen LogP contribution in [0, 0.1) is 0 Å². The Bertz CT molecular complexity index is 1370. The maximum Gasteiger partial charge on any atom is 0.419 e. The lowest BCUT2D eigenvalue weighted by atomic mass is 10.0. The molecule has 0 fully saturated rings. The van der Waals surface area contributed by atoms with Crippen molar-refractivity contribution in [2.45, 2.75) is 37.5 Å². The fourth-order valence-electron chi connectivity index (χ4n) is 4.20. The third kappa shape index (κ3) is 3.75. The highest BCUT2D eigenvalue weighted by molar-refractivity contribution is 7.91. The summed E-state index contributed by atoms with van der Waals surface area (Å²) in [7, 11) is 0. The molecule has 0 saturated carbocycles. The third-order valence-electron chi connectivity index (χ3n) is 5.57. The van der Waals surface area contributed by atoms with Crippen LogP contribution in [0.25, 0.3) is 10.9 Å². The average molecular weight is 462 g/mol. The SMILES string of the molecule is CC(C)(C)OC(=O)n1cc(C(=O)c2ccn3c2C[S+]([O-])C3c2cccnc2)c2ccccc21. The topological polar surface area (TPSA) is 89.2 Å². The van der Waals surface area contributed by atoms with Crippen LogP contribution in [-0.2, 0) is 21.7 Å². The molecule has 0 aliphatic carbocycles. The van der Waals surface area contributed by atoms with Crippen molar-refractivity contribution in [3.8, 4) is 0 Å². The van der Waals surface area contributed by atoms with Gasteiger partial charge in [0.2, 0.25) is 5.37 Å². The first-order valence-corrected chi connectivity index (χ1v) is 12.0. The summed E-state index contributed by atoms with van der Waals surface area (Å²) in [5, 5.41) is 0.287. The van der Waals surface area contributed by atoms with Crippen molar-refractivity contribution >= 4 is 34.0 Å². The first-order valence-electron chi connectivity index (χ1n) is 10.6. The molecule has 0 radical (unpaired) electrons. The second-order valence-corrected chi connectivity index (χ2v) is 10.5. The van der Waals surface area contributed by atoms with E-state index in [2.05, 4.69) is 4.98 Å². The predicted octanol–water partition coefficient (Wildman–Crippen LogP) is 4.66. The van der Waals surface area contributed by atoms with Crippen molar-refractivity contribution in [1.82, 2.24) is 14.1 Å². The Hall–Kier alpha value is -3.36. The van der Waals surface area contributed by atoms with Gasteiger partial charge in [-0.05, 0) is 56.2 Å². The van der Waals surface area contributed by atoms with Crippen LogP contribution in [0.1, 0.15) is 53.3 Å². The summed E-state index contributed by atoms with van der Waals surface area (Å²) in [5.74, 6) is 0.0596. The molecular formula is C25H23N3O4S. The van der Waals surface area contributed by atoms with Gasteiger partial charge in [0.25, 0.3) is 0 Å². The van der Waals surface area contributed by atoms with E-state index in [9.17, 15) is 14.1 Å². The van der Waals surface area contributed by atoms with Crippen molar-refractivity contribution < 1.29 is 18.9 Å². The zero-order valence-corrected chi connectivity index (χ0v) is 19.3. The van der Waals surface area contributed by atoms with Gasteiger partial charge in [0.1, 0.15) is 11.4 Å². The molecule has 168 valence electrons. The zero-order chi connectivity index (χ0) is 23.3. The fourth-order valence-corrected chi connectivity index (χ4v) is 5.83. The van der Waals surface area contributed by atoms with Crippen LogP contribution >= 0.6 is 0 Å². The van der Waals surface area contributed by atoms with E-state index in [0.29, 0.717) is 22.0 Å². The van der Waals surface area contributed by atoms with Gasteiger partial charge in [0.15, 0.2) is 5.78 Å². The molecule has 0 spiro atoms. The maximum atomic E-state index is 13.7. The number of pyridine rings is 1. The van der Waals surface area contributed by atoms with Crippen molar-refractivity contribution in [3.63, 3.8) is 0 Å². The highest BCUT2D eigenvalue weighted by Gasteiger charge is 2.39. The van der Waals surface area contributed by atoms with E-state index < -0.39 is 22.9 Å². The molecule has 5 rings (SSSR count). The Labute approximate surface area is 194 Å². The van der Waals surface area contributed by atoms with Crippen LogP contribution in [0.2, 0.25) is 0 Å². The number of hydrogen-bond acceptors (Lipinski definition) is 5. The second kappa shape index (κ2) is 7.90. The number of rotatable bonds is 3. The molecule has 1 aliphatic heterocycles. The van der Waals surface area contributed by atoms with Crippen molar-refractivity contribution in [2.24, 2.45) is 0 Å². The van der Waals surface area contributed by atoms with E-state index in [1.807, 2.05) is 34.9 Å². The summed E-state index contributed by atoms with van der Waals surface area (Å²) in [6, 6.07) is 12.7. The van der Waals surface area contributed by atoms with Crippen LogP contribution in [-0.4, -0.2) is 36.1 Å². The molecule has 4 heterocycles. The molecule has 0 N–H and O–H groups in total. The van der Waals surface area contributed by atoms with Crippen molar-refractivity contribution in [1.29, 1.82) is 0 Å². The summed E-state index contributed by atoms with van der Waals surface area (Å²) in [4.78, 5) is 30.6. The molecule has 4 aromatic rings. The number of fused-ring (bicyclic) bond motifs is 2. The minimum Gasteiger partial charge on any atom is -0.614 e. The minimum absolute atomic E-state index is 0.217. The molecule has 2 atom stereocenters. The summed E-state index contributed by atoms with van der Waals surface area (Å²) in [6.45, 7) is 5.39. The molecule has 33 heavy (non-hydrogen) atoms. The van der Waals surface area contributed by atoms with Gasteiger partial charge in [-0.15, -0.1) is 0 Å². The molecule has 8 heteroatoms. The number of nitrogens with zero attached hydrogens (tertiary/aromatic N) is 3. The highest BCUT2D eigenvalue weighted by atomic mass is 32.2. The number of carbonyl (C=O) groups excluding carboxylic acids is 2. The largest absolute Gasteiger partial charge is 0.614 e. The summed E-state index contributed by atoms with van der Waals surface area (Å²) < 4.78 is 21.7. The molecule has 1 aliphatic rings.